The number of nitrogens with two attached hydrogens (primary N) is 2. The van der Waals surface area contributed by atoms with E-state index in [0.29, 0.717) is 18.7 Å². The van der Waals surface area contributed by atoms with Gasteiger partial charge in [-0.2, -0.15) is 15.2 Å². The number of carbonyl (C=O) groups is 2. The Morgan fingerprint density at radius 3 is 2.75 bits per heavy atom. The first kappa shape index (κ1) is 27.8. The Morgan fingerprint density at radius 1 is 1.11 bits per heavy atom. The summed E-state index contributed by atoms with van der Waals surface area (Å²) >= 11 is 0. The van der Waals surface area contributed by atoms with Gasteiger partial charge in [0.2, 0.25) is 5.88 Å². The van der Waals surface area contributed by atoms with Gasteiger partial charge in [0.05, 0.1) is 17.3 Å². The predicted molar refractivity (Wildman–Crippen MR) is 158 cm³/mol. The molecule has 2 aliphatic heterocycles. The summed E-state index contributed by atoms with van der Waals surface area (Å²) in [4.78, 5) is 37.9. The number of aliphatic imine (C=N–C) groups is 1. The fourth-order valence-electron chi connectivity index (χ4n) is 4.91. The van der Waals surface area contributed by atoms with Gasteiger partial charge in [-0.15, -0.1) is 0 Å². The number of carboxylic acid groups (broad SMARTS) is 1. The number of nitrogens with one attached hydrogen (secondary N) is 2. The second-order valence-corrected chi connectivity index (χ2v) is 9.85. The third kappa shape index (κ3) is 5.70. The number of aromatic carboxylic acids is 1. The summed E-state index contributed by atoms with van der Waals surface area (Å²) < 4.78 is 17.9. The standard InChI is InChI=1S/C30H24N8O6/c31-13-15-8-9-20(28(40)41)22(10-15)43-26-24-27(38-30(37-26)42-18-5-3-4-17(12-18)35-29(32)33)44-23(25(39)36-24)11-16-14-34-21-7-2-1-6-19(16)21/h1-10,12,16,23,34H,11,14H2,(H,36,39)(H,40,41)(H4,32,33,35). The van der Waals surface area contributed by atoms with E-state index < -0.39 is 18.0 Å². The van der Waals surface area contributed by atoms with Crippen LogP contribution in [0.4, 0.5) is 17.1 Å². The summed E-state index contributed by atoms with van der Waals surface area (Å²) in [5, 5.41) is 25.2. The largest absolute Gasteiger partial charge is 0.478 e. The quantitative estimate of drug-likeness (QED) is 0.145. The molecule has 7 N–H and O–H groups in total. The number of fused-ring (bicyclic) bond motifs is 2. The van der Waals surface area contributed by atoms with Crippen LogP contribution in [0.1, 0.15) is 33.8 Å². The van der Waals surface area contributed by atoms with Crippen molar-refractivity contribution < 1.29 is 28.9 Å². The molecule has 14 nitrogen and oxygen atoms in total. The van der Waals surface area contributed by atoms with Crippen LogP contribution in [0.25, 0.3) is 0 Å². The lowest BCUT2D eigenvalue weighted by molar-refractivity contribution is -0.124. The molecule has 0 fully saturated rings. The van der Waals surface area contributed by atoms with Crippen molar-refractivity contribution in [3.8, 4) is 35.3 Å². The molecule has 3 aromatic carbocycles. The van der Waals surface area contributed by atoms with Crippen LogP contribution < -0.4 is 36.3 Å². The first-order valence-electron chi connectivity index (χ1n) is 13.3. The minimum absolute atomic E-state index is 0.00176. The average Bonchev–Trinajstić information content (AvgIpc) is 3.40. The molecule has 14 heteroatoms. The zero-order valence-corrected chi connectivity index (χ0v) is 22.9. The summed E-state index contributed by atoms with van der Waals surface area (Å²) in [6.45, 7) is 0.630. The van der Waals surface area contributed by atoms with Crippen molar-refractivity contribution in [1.82, 2.24) is 9.97 Å². The molecule has 3 heterocycles. The van der Waals surface area contributed by atoms with E-state index in [4.69, 9.17) is 25.7 Å². The maximum atomic E-state index is 13.3. The molecule has 4 aromatic rings. The van der Waals surface area contributed by atoms with Crippen LogP contribution in [0.3, 0.4) is 0 Å². The average molecular weight is 593 g/mol. The van der Waals surface area contributed by atoms with Crippen LogP contribution in [-0.2, 0) is 4.79 Å². The van der Waals surface area contributed by atoms with E-state index in [2.05, 4.69) is 25.6 Å². The minimum atomic E-state index is -1.30. The van der Waals surface area contributed by atoms with Crippen LogP contribution in [0.5, 0.6) is 29.3 Å². The third-order valence-electron chi connectivity index (χ3n) is 6.89. The van der Waals surface area contributed by atoms with Gasteiger partial charge in [0.1, 0.15) is 17.1 Å². The Hall–Kier alpha value is -6.36. The molecule has 1 aromatic heterocycles. The molecule has 2 unspecified atom stereocenters. The Morgan fingerprint density at radius 2 is 1.95 bits per heavy atom. The summed E-state index contributed by atoms with van der Waals surface area (Å²) in [7, 11) is 0. The highest BCUT2D eigenvalue weighted by atomic mass is 16.5. The van der Waals surface area contributed by atoms with E-state index in [9.17, 15) is 20.0 Å². The van der Waals surface area contributed by atoms with Crippen molar-refractivity contribution in [3.05, 3.63) is 83.4 Å². The second kappa shape index (κ2) is 11.5. The molecule has 1 amide bonds. The van der Waals surface area contributed by atoms with Gasteiger partial charge in [-0.3, -0.25) is 4.79 Å². The van der Waals surface area contributed by atoms with Crippen molar-refractivity contribution >= 4 is 34.9 Å². The van der Waals surface area contributed by atoms with Gasteiger partial charge in [-0.05, 0) is 42.0 Å². The number of nitriles is 1. The summed E-state index contributed by atoms with van der Waals surface area (Å²) in [5.41, 5.74) is 13.3. The monoisotopic (exact) mass is 592 g/mol. The number of rotatable bonds is 8. The predicted octanol–water partition coefficient (Wildman–Crippen LogP) is 3.83. The number of para-hydroxylation sites is 1. The SMILES string of the molecule is N#Cc1ccc(C(=O)O)c(Oc2nc(Oc3cccc(N=C(N)N)c3)nc3c2NC(=O)C(CC2CNc4ccccc42)O3)c1. The lowest BCUT2D eigenvalue weighted by Gasteiger charge is -2.27. The molecule has 44 heavy (non-hydrogen) atoms. The lowest BCUT2D eigenvalue weighted by Crippen LogP contribution is -2.39. The van der Waals surface area contributed by atoms with Crippen molar-refractivity contribution in [1.29, 1.82) is 5.26 Å². The van der Waals surface area contributed by atoms with E-state index in [0.717, 1.165) is 11.3 Å². The van der Waals surface area contributed by atoms with E-state index in [1.54, 1.807) is 18.2 Å². The van der Waals surface area contributed by atoms with Crippen LogP contribution in [-0.4, -0.2) is 45.6 Å². The molecule has 0 bridgehead atoms. The summed E-state index contributed by atoms with van der Waals surface area (Å²) in [6, 6.07) is 19.8. The topological polar surface area (TPSA) is 220 Å². The van der Waals surface area contributed by atoms with Gasteiger partial charge in [-0.25, -0.2) is 9.79 Å². The van der Waals surface area contributed by atoms with Gasteiger partial charge in [0.15, 0.2) is 17.8 Å². The molecule has 0 aliphatic carbocycles. The second-order valence-electron chi connectivity index (χ2n) is 9.85. The van der Waals surface area contributed by atoms with Gasteiger partial charge < -0.3 is 41.4 Å². The van der Waals surface area contributed by atoms with E-state index >= 15 is 0 Å². The lowest BCUT2D eigenvalue weighted by atomic mass is 9.94. The van der Waals surface area contributed by atoms with E-state index in [1.165, 1.54) is 24.3 Å². The minimum Gasteiger partial charge on any atom is -0.478 e. The zero-order valence-electron chi connectivity index (χ0n) is 22.9. The van der Waals surface area contributed by atoms with Gasteiger partial charge >= 0.3 is 12.0 Å². The molecule has 0 saturated heterocycles. The zero-order chi connectivity index (χ0) is 30.8. The van der Waals surface area contributed by atoms with Crippen molar-refractivity contribution in [2.24, 2.45) is 16.5 Å². The highest BCUT2D eigenvalue weighted by Gasteiger charge is 2.36. The Balaban J connectivity index is 1.37. The number of nitrogens with zero attached hydrogens (tertiary/aromatic N) is 4. The first-order chi connectivity index (χ1) is 21.3. The fourth-order valence-corrected chi connectivity index (χ4v) is 4.91. The van der Waals surface area contributed by atoms with Crippen LogP contribution >= 0.6 is 0 Å². The number of aromatic nitrogens is 2. The molecule has 0 radical (unpaired) electrons. The van der Waals surface area contributed by atoms with E-state index in [-0.39, 0.29) is 58.0 Å². The van der Waals surface area contributed by atoms with Crippen molar-refractivity contribution in [3.63, 3.8) is 0 Å². The number of carbonyl (C=O) groups excluding carboxylic acids is 1. The Bertz CT molecular complexity index is 1870. The fraction of sp³-hybridized carbons (Fsp3) is 0.133. The molecule has 2 atom stereocenters. The summed E-state index contributed by atoms with van der Waals surface area (Å²) in [6.07, 6.45) is -0.572. The number of carboxylic acids is 1. The number of anilines is 2. The summed E-state index contributed by atoms with van der Waals surface area (Å²) in [5.74, 6) is -2.15. The van der Waals surface area contributed by atoms with Crippen molar-refractivity contribution in [2.45, 2.75) is 18.4 Å². The third-order valence-corrected chi connectivity index (χ3v) is 6.89. The highest BCUT2D eigenvalue weighted by Crippen LogP contribution is 2.43. The molecule has 6 rings (SSSR count). The van der Waals surface area contributed by atoms with Gasteiger partial charge in [0.25, 0.3) is 11.8 Å². The Kier molecular flexibility index (Phi) is 7.26. The molecule has 2 aliphatic rings. The number of hydrogen-bond donors (Lipinski definition) is 5. The molecule has 220 valence electrons. The highest BCUT2D eigenvalue weighted by molar-refractivity contribution is 5.99. The van der Waals surface area contributed by atoms with Gasteiger partial charge in [-0.1, -0.05) is 24.3 Å². The molecule has 0 saturated carbocycles. The Labute approximate surface area is 249 Å². The van der Waals surface area contributed by atoms with Crippen molar-refractivity contribution in [2.75, 3.05) is 17.2 Å². The number of guanidine groups is 1. The number of amides is 1. The maximum absolute atomic E-state index is 13.3. The molecular weight excluding hydrogens is 568 g/mol. The number of benzene rings is 3. The normalized spacial score (nSPS) is 16.2. The maximum Gasteiger partial charge on any atom is 0.339 e. The first-order valence-corrected chi connectivity index (χ1v) is 13.3. The molecule has 0 spiro atoms. The number of hydrogen-bond acceptors (Lipinski definition) is 10. The van der Waals surface area contributed by atoms with Crippen LogP contribution in [0.15, 0.2) is 71.7 Å². The molecular formula is C30H24N8O6. The van der Waals surface area contributed by atoms with Gasteiger partial charge in [0, 0.05) is 30.6 Å². The smallest absolute Gasteiger partial charge is 0.339 e. The van der Waals surface area contributed by atoms with E-state index in [1.807, 2.05) is 30.3 Å². The van der Waals surface area contributed by atoms with Crippen LogP contribution in [0, 0.1) is 11.3 Å². The van der Waals surface area contributed by atoms with Crippen LogP contribution in [0.2, 0.25) is 0 Å². The number of ether oxygens (including phenoxy) is 3.